The van der Waals surface area contributed by atoms with Gasteiger partial charge in [0.25, 0.3) is 0 Å². The SMILES string of the molecule is CC(O)C(=O)ON(C(C)C)C(C)C.[Ti]. The number of hydroxylamine groups is 2. The van der Waals surface area contributed by atoms with Crippen LogP contribution in [0, 0.1) is 0 Å². The van der Waals surface area contributed by atoms with E-state index in [9.17, 15) is 4.79 Å². The topological polar surface area (TPSA) is 49.8 Å². The Hall–Kier alpha value is 0.104. The molecule has 4 nitrogen and oxygen atoms in total. The number of carbonyl (C=O) groups is 1. The van der Waals surface area contributed by atoms with Crippen LogP contribution in [0.1, 0.15) is 34.6 Å². The molecule has 82 valence electrons. The Morgan fingerprint density at radius 2 is 1.50 bits per heavy atom. The van der Waals surface area contributed by atoms with Crippen molar-refractivity contribution in [3.05, 3.63) is 0 Å². The molecule has 0 spiro atoms. The molecule has 14 heavy (non-hydrogen) atoms. The van der Waals surface area contributed by atoms with Crippen LogP contribution in [0.5, 0.6) is 0 Å². The first-order chi connectivity index (χ1) is 5.86. The van der Waals surface area contributed by atoms with E-state index in [0.717, 1.165) is 0 Å². The third-order valence-corrected chi connectivity index (χ3v) is 1.55. The molecule has 0 heterocycles. The van der Waals surface area contributed by atoms with Crippen LogP contribution >= 0.6 is 0 Å². The fourth-order valence-corrected chi connectivity index (χ4v) is 0.987. The van der Waals surface area contributed by atoms with E-state index in [-0.39, 0.29) is 33.8 Å². The molecule has 0 aromatic carbocycles. The van der Waals surface area contributed by atoms with Crippen molar-refractivity contribution in [3.63, 3.8) is 0 Å². The number of hydrogen-bond donors (Lipinski definition) is 1. The summed E-state index contributed by atoms with van der Waals surface area (Å²) in [5.74, 6) is -0.609. The van der Waals surface area contributed by atoms with Gasteiger partial charge in [-0.1, -0.05) is 0 Å². The van der Waals surface area contributed by atoms with Crippen LogP contribution in [0.4, 0.5) is 0 Å². The van der Waals surface area contributed by atoms with Gasteiger partial charge in [0.2, 0.25) is 0 Å². The zero-order valence-electron chi connectivity index (χ0n) is 9.44. The quantitative estimate of drug-likeness (QED) is 0.584. The zero-order chi connectivity index (χ0) is 10.6. The number of carbonyl (C=O) groups excluding carboxylic acids is 1. The molecule has 0 aliphatic carbocycles. The Bertz CT molecular complexity index is 163. The fourth-order valence-electron chi connectivity index (χ4n) is 0.987. The van der Waals surface area contributed by atoms with Gasteiger partial charge in [-0.3, -0.25) is 0 Å². The van der Waals surface area contributed by atoms with Crippen molar-refractivity contribution in [2.24, 2.45) is 0 Å². The molecule has 0 fully saturated rings. The fraction of sp³-hybridized carbons (Fsp3) is 0.889. The van der Waals surface area contributed by atoms with E-state index in [1.165, 1.54) is 6.92 Å². The van der Waals surface area contributed by atoms with Crippen molar-refractivity contribution >= 4 is 5.97 Å². The number of hydrogen-bond acceptors (Lipinski definition) is 4. The smallest absolute Gasteiger partial charge is 0.353 e. The average Bonchev–Trinajstić information content (AvgIpc) is 1.97. The molecule has 1 unspecified atom stereocenters. The second-order valence-corrected chi connectivity index (χ2v) is 3.63. The maximum atomic E-state index is 11.0. The van der Waals surface area contributed by atoms with Crippen molar-refractivity contribution in [2.75, 3.05) is 0 Å². The molecule has 1 N–H and O–H groups in total. The van der Waals surface area contributed by atoms with Crippen LogP contribution in [0.3, 0.4) is 0 Å². The van der Waals surface area contributed by atoms with E-state index >= 15 is 0 Å². The first kappa shape index (κ1) is 16.5. The van der Waals surface area contributed by atoms with Crippen molar-refractivity contribution in [3.8, 4) is 0 Å². The molecule has 0 saturated carbocycles. The summed E-state index contributed by atoms with van der Waals surface area (Å²) in [4.78, 5) is 16.0. The minimum Gasteiger partial charge on any atom is -0.382 e. The molecular formula is C9H19NO3Ti. The van der Waals surface area contributed by atoms with Gasteiger partial charge in [-0.2, -0.15) is 0 Å². The Morgan fingerprint density at radius 3 is 1.71 bits per heavy atom. The summed E-state index contributed by atoms with van der Waals surface area (Å²) in [7, 11) is 0. The van der Waals surface area contributed by atoms with E-state index < -0.39 is 12.1 Å². The molecule has 0 radical (unpaired) electrons. The third kappa shape index (κ3) is 5.75. The number of rotatable bonds is 4. The van der Waals surface area contributed by atoms with Crippen LogP contribution in [-0.2, 0) is 31.3 Å². The molecule has 0 bridgehead atoms. The Labute approximate surface area is 100 Å². The van der Waals surface area contributed by atoms with Crippen molar-refractivity contribution in [1.82, 2.24) is 5.06 Å². The Kier molecular flexibility index (Phi) is 8.74. The van der Waals surface area contributed by atoms with E-state index in [1.807, 2.05) is 27.7 Å². The molecule has 0 aromatic heterocycles. The van der Waals surface area contributed by atoms with Crippen molar-refractivity contribution in [1.29, 1.82) is 0 Å². The second-order valence-electron chi connectivity index (χ2n) is 3.63. The molecule has 0 aromatic rings. The number of nitrogens with zero attached hydrogens (tertiary/aromatic N) is 1. The van der Waals surface area contributed by atoms with Gasteiger partial charge in [-0.05, 0) is 34.6 Å². The largest absolute Gasteiger partial charge is 0.382 e. The molecule has 0 saturated heterocycles. The van der Waals surface area contributed by atoms with E-state index in [1.54, 1.807) is 5.06 Å². The molecule has 1 atom stereocenters. The van der Waals surface area contributed by atoms with Crippen LogP contribution in [-0.4, -0.2) is 34.3 Å². The molecular weight excluding hydrogens is 218 g/mol. The standard InChI is InChI=1S/C9H19NO3.Ti/c1-6(2)10(7(3)4)13-9(12)8(5)11;/h6-8,11H,1-5H3;. The van der Waals surface area contributed by atoms with Gasteiger partial charge >= 0.3 is 5.97 Å². The van der Waals surface area contributed by atoms with Crippen LogP contribution in [0.15, 0.2) is 0 Å². The average molecular weight is 237 g/mol. The van der Waals surface area contributed by atoms with Crippen LogP contribution in [0.25, 0.3) is 0 Å². The summed E-state index contributed by atoms with van der Waals surface area (Å²) in [6, 6.07) is 0.227. The molecule has 0 aliphatic heterocycles. The van der Waals surface area contributed by atoms with Gasteiger partial charge in [-0.25, -0.2) is 4.79 Å². The van der Waals surface area contributed by atoms with Crippen molar-refractivity contribution in [2.45, 2.75) is 52.8 Å². The minimum absolute atomic E-state index is 0. The summed E-state index contributed by atoms with van der Waals surface area (Å²) in [5.41, 5.74) is 0. The maximum Gasteiger partial charge on any atom is 0.353 e. The zero-order valence-corrected chi connectivity index (χ0v) is 11.0. The summed E-state index contributed by atoms with van der Waals surface area (Å²) >= 11 is 0. The van der Waals surface area contributed by atoms with Gasteiger partial charge in [-0.15, -0.1) is 5.06 Å². The first-order valence-electron chi connectivity index (χ1n) is 4.54. The maximum absolute atomic E-state index is 11.0. The van der Waals surface area contributed by atoms with Gasteiger partial charge < -0.3 is 9.94 Å². The molecule has 0 amide bonds. The van der Waals surface area contributed by atoms with Gasteiger partial charge in [0.05, 0.1) is 0 Å². The van der Waals surface area contributed by atoms with Crippen molar-refractivity contribution < 1.29 is 36.5 Å². The normalized spacial score (nSPS) is 12.9. The van der Waals surface area contributed by atoms with E-state index in [2.05, 4.69) is 0 Å². The monoisotopic (exact) mass is 237 g/mol. The first-order valence-corrected chi connectivity index (χ1v) is 4.54. The summed E-state index contributed by atoms with van der Waals surface area (Å²) < 4.78 is 0. The summed E-state index contributed by atoms with van der Waals surface area (Å²) in [6.45, 7) is 9.09. The molecule has 0 rings (SSSR count). The third-order valence-electron chi connectivity index (χ3n) is 1.55. The molecule has 0 aliphatic rings. The van der Waals surface area contributed by atoms with Crippen LogP contribution in [0.2, 0.25) is 0 Å². The summed E-state index contributed by atoms with van der Waals surface area (Å²) in [5, 5.41) is 10.5. The number of aliphatic hydroxyl groups excluding tert-OH is 1. The van der Waals surface area contributed by atoms with E-state index in [0.29, 0.717) is 0 Å². The van der Waals surface area contributed by atoms with Gasteiger partial charge in [0, 0.05) is 33.8 Å². The van der Waals surface area contributed by atoms with E-state index in [4.69, 9.17) is 9.94 Å². The predicted molar refractivity (Wildman–Crippen MR) is 49.9 cm³/mol. The minimum atomic E-state index is -1.07. The summed E-state index contributed by atoms with van der Waals surface area (Å²) in [6.07, 6.45) is -1.07. The predicted octanol–water partition coefficient (Wildman–Crippen LogP) is 0.942. The van der Waals surface area contributed by atoms with Crippen LogP contribution < -0.4 is 0 Å². The van der Waals surface area contributed by atoms with Gasteiger partial charge in [0.1, 0.15) is 0 Å². The van der Waals surface area contributed by atoms with Gasteiger partial charge in [0.15, 0.2) is 6.10 Å². The number of aliphatic hydroxyl groups is 1. The second kappa shape index (κ2) is 7.40. The molecule has 5 heteroatoms. The Balaban J connectivity index is 0. The Morgan fingerprint density at radius 1 is 1.14 bits per heavy atom.